The molecule has 0 bridgehead atoms. The standard InChI is InChI=1S/C19H30N2O/c1-17(22)15-21-13-10-19(11-14-21)16-20(2)12-6-9-18-7-4-3-5-8-18/h3-9,17,19,22H,10-16H2,1-2H3/b9-6-/t17-/m0/s1. The quantitative estimate of drug-likeness (QED) is 0.839. The molecule has 3 nitrogen and oxygen atoms in total. The monoisotopic (exact) mass is 302 g/mol. The van der Waals surface area contributed by atoms with E-state index >= 15 is 0 Å². The summed E-state index contributed by atoms with van der Waals surface area (Å²) in [4.78, 5) is 4.80. The molecule has 1 aliphatic rings. The van der Waals surface area contributed by atoms with Gasteiger partial charge in [0, 0.05) is 19.6 Å². The molecule has 0 aliphatic carbocycles. The lowest BCUT2D eigenvalue weighted by Gasteiger charge is -2.34. The first kappa shape index (κ1) is 17.2. The van der Waals surface area contributed by atoms with Gasteiger partial charge in [-0.1, -0.05) is 42.5 Å². The van der Waals surface area contributed by atoms with E-state index in [1.54, 1.807) is 0 Å². The Kier molecular flexibility index (Phi) is 7.10. The lowest BCUT2D eigenvalue weighted by molar-refractivity contribution is 0.0936. The summed E-state index contributed by atoms with van der Waals surface area (Å²) < 4.78 is 0. The molecule has 1 aliphatic heterocycles. The van der Waals surface area contributed by atoms with E-state index in [-0.39, 0.29) is 6.10 Å². The maximum absolute atomic E-state index is 9.45. The smallest absolute Gasteiger partial charge is 0.0639 e. The summed E-state index contributed by atoms with van der Waals surface area (Å²) in [7, 11) is 2.21. The minimum absolute atomic E-state index is 0.206. The fraction of sp³-hybridized carbons (Fsp3) is 0.579. The molecule has 1 aromatic carbocycles. The molecular formula is C19H30N2O. The van der Waals surface area contributed by atoms with E-state index in [2.05, 4.69) is 53.3 Å². The number of hydrogen-bond donors (Lipinski definition) is 1. The van der Waals surface area contributed by atoms with Crippen molar-refractivity contribution in [2.45, 2.75) is 25.9 Å². The van der Waals surface area contributed by atoms with Crippen molar-refractivity contribution >= 4 is 6.08 Å². The Morgan fingerprint density at radius 3 is 2.59 bits per heavy atom. The van der Waals surface area contributed by atoms with Gasteiger partial charge in [-0.2, -0.15) is 0 Å². The molecule has 0 spiro atoms. The Hall–Kier alpha value is -1.16. The predicted molar refractivity (Wildman–Crippen MR) is 93.8 cm³/mol. The van der Waals surface area contributed by atoms with Crippen molar-refractivity contribution in [1.82, 2.24) is 9.80 Å². The summed E-state index contributed by atoms with van der Waals surface area (Å²) in [6.45, 7) is 7.12. The third-order valence-electron chi connectivity index (χ3n) is 4.33. The van der Waals surface area contributed by atoms with Crippen molar-refractivity contribution < 1.29 is 5.11 Å². The lowest BCUT2D eigenvalue weighted by atomic mass is 9.96. The summed E-state index contributed by atoms with van der Waals surface area (Å²) in [6.07, 6.45) is 6.74. The van der Waals surface area contributed by atoms with Crippen LogP contribution in [0.5, 0.6) is 0 Å². The summed E-state index contributed by atoms with van der Waals surface area (Å²) in [5.41, 5.74) is 1.27. The Morgan fingerprint density at radius 1 is 1.27 bits per heavy atom. The van der Waals surface area contributed by atoms with Crippen LogP contribution in [0, 0.1) is 5.92 Å². The van der Waals surface area contributed by atoms with Gasteiger partial charge in [-0.3, -0.25) is 0 Å². The third-order valence-corrected chi connectivity index (χ3v) is 4.33. The molecule has 1 heterocycles. The zero-order chi connectivity index (χ0) is 15.8. The summed E-state index contributed by atoms with van der Waals surface area (Å²) >= 11 is 0. The van der Waals surface area contributed by atoms with Crippen LogP contribution in [0.25, 0.3) is 6.08 Å². The number of piperidine rings is 1. The van der Waals surface area contributed by atoms with Gasteiger partial charge in [-0.25, -0.2) is 0 Å². The minimum atomic E-state index is -0.206. The van der Waals surface area contributed by atoms with Gasteiger partial charge in [0.05, 0.1) is 6.10 Å². The second-order valence-corrected chi connectivity index (χ2v) is 6.63. The van der Waals surface area contributed by atoms with E-state index in [1.807, 2.05) is 13.0 Å². The van der Waals surface area contributed by atoms with Crippen LogP contribution in [0.1, 0.15) is 25.3 Å². The van der Waals surface area contributed by atoms with Gasteiger partial charge in [0.1, 0.15) is 0 Å². The van der Waals surface area contributed by atoms with E-state index in [4.69, 9.17) is 0 Å². The van der Waals surface area contributed by atoms with Crippen molar-refractivity contribution in [1.29, 1.82) is 0 Å². The number of β-amino-alcohol motifs (C(OH)–C–C–N with tert-alkyl or cyclic N) is 1. The van der Waals surface area contributed by atoms with E-state index in [9.17, 15) is 5.11 Å². The van der Waals surface area contributed by atoms with Crippen LogP contribution in [0.2, 0.25) is 0 Å². The number of benzene rings is 1. The average molecular weight is 302 g/mol. The number of nitrogens with zero attached hydrogens (tertiary/aromatic N) is 2. The van der Waals surface area contributed by atoms with Crippen LogP contribution in [0.4, 0.5) is 0 Å². The van der Waals surface area contributed by atoms with E-state index < -0.39 is 0 Å². The Morgan fingerprint density at radius 2 is 1.95 bits per heavy atom. The molecular weight excluding hydrogens is 272 g/mol. The zero-order valence-electron chi connectivity index (χ0n) is 14.0. The van der Waals surface area contributed by atoms with Crippen molar-refractivity contribution in [2.75, 3.05) is 39.8 Å². The van der Waals surface area contributed by atoms with Crippen molar-refractivity contribution in [3.63, 3.8) is 0 Å². The van der Waals surface area contributed by atoms with Crippen LogP contribution < -0.4 is 0 Å². The first-order valence-corrected chi connectivity index (χ1v) is 8.44. The molecule has 1 N–H and O–H groups in total. The molecule has 1 aromatic rings. The zero-order valence-corrected chi connectivity index (χ0v) is 14.0. The van der Waals surface area contributed by atoms with Crippen LogP contribution >= 0.6 is 0 Å². The molecule has 22 heavy (non-hydrogen) atoms. The highest BCUT2D eigenvalue weighted by Gasteiger charge is 2.20. The van der Waals surface area contributed by atoms with Crippen LogP contribution in [0.15, 0.2) is 36.4 Å². The number of likely N-dealkylation sites (tertiary alicyclic amines) is 1. The minimum Gasteiger partial charge on any atom is -0.392 e. The maximum Gasteiger partial charge on any atom is 0.0639 e. The topological polar surface area (TPSA) is 26.7 Å². The summed E-state index contributed by atoms with van der Waals surface area (Å²) in [6, 6.07) is 10.5. The highest BCUT2D eigenvalue weighted by atomic mass is 16.3. The van der Waals surface area contributed by atoms with Gasteiger partial charge in [0.15, 0.2) is 0 Å². The molecule has 0 unspecified atom stereocenters. The van der Waals surface area contributed by atoms with E-state index in [1.165, 1.54) is 24.9 Å². The van der Waals surface area contributed by atoms with Crippen LogP contribution in [-0.2, 0) is 0 Å². The van der Waals surface area contributed by atoms with Crippen molar-refractivity contribution in [3.8, 4) is 0 Å². The van der Waals surface area contributed by atoms with Gasteiger partial charge in [0.25, 0.3) is 0 Å². The number of hydrogen-bond acceptors (Lipinski definition) is 3. The van der Waals surface area contributed by atoms with E-state index in [0.29, 0.717) is 0 Å². The van der Waals surface area contributed by atoms with Crippen molar-refractivity contribution in [3.05, 3.63) is 42.0 Å². The molecule has 0 amide bonds. The molecule has 122 valence electrons. The summed E-state index contributed by atoms with van der Waals surface area (Å²) in [5.74, 6) is 0.792. The molecule has 0 saturated carbocycles. The third kappa shape index (κ3) is 6.30. The molecule has 1 fully saturated rings. The molecule has 1 atom stereocenters. The second-order valence-electron chi connectivity index (χ2n) is 6.63. The van der Waals surface area contributed by atoms with Gasteiger partial charge >= 0.3 is 0 Å². The summed E-state index contributed by atoms with van der Waals surface area (Å²) in [5, 5.41) is 9.45. The average Bonchev–Trinajstić information content (AvgIpc) is 2.50. The first-order valence-electron chi connectivity index (χ1n) is 8.44. The van der Waals surface area contributed by atoms with Gasteiger partial charge in [0.2, 0.25) is 0 Å². The van der Waals surface area contributed by atoms with Crippen LogP contribution in [-0.4, -0.2) is 60.8 Å². The fourth-order valence-electron chi connectivity index (χ4n) is 3.17. The predicted octanol–water partition coefficient (Wildman–Crippen LogP) is 2.72. The van der Waals surface area contributed by atoms with Gasteiger partial charge < -0.3 is 14.9 Å². The van der Waals surface area contributed by atoms with Crippen LogP contribution in [0.3, 0.4) is 0 Å². The first-order chi connectivity index (χ1) is 10.6. The highest BCUT2D eigenvalue weighted by molar-refractivity contribution is 5.48. The van der Waals surface area contributed by atoms with Crippen molar-refractivity contribution in [2.24, 2.45) is 5.92 Å². The molecule has 2 rings (SSSR count). The maximum atomic E-state index is 9.45. The van der Waals surface area contributed by atoms with Gasteiger partial charge in [-0.15, -0.1) is 0 Å². The largest absolute Gasteiger partial charge is 0.392 e. The molecule has 3 heteroatoms. The van der Waals surface area contributed by atoms with E-state index in [0.717, 1.165) is 32.1 Å². The number of rotatable bonds is 7. The Balaban J connectivity index is 1.65. The number of likely N-dealkylation sites (N-methyl/N-ethyl adjacent to an activating group) is 1. The van der Waals surface area contributed by atoms with Gasteiger partial charge in [-0.05, 0) is 51.4 Å². The Labute approximate surface area is 135 Å². The fourth-order valence-corrected chi connectivity index (χ4v) is 3.17. The number of aliphatic hydroxyl groups is 1. The molecule has 0 aromatic heterocycles. The Bertz CT molecular complexity index is 436. The highest BCUT2D eigenvalue weighted by Crippen LogP contribution is 2.18. The molecule has 1 saturated heterocycles. The normalized spacial score (nSPS) is 19.1. The SMILES string of the molecule is C[C@H](O)CN1CCC(CN(C)C/C=C\c2ccccc2)CC1. The number of aliphatic hydroxyl groups excluding tert-OH is 1. The second kappa shape index (κ2) is 9.09. The lowest BCUT2D eigenvalue weighted by Crippen LogP contribution is -2.40. The molecule has 0 radical (unpaired) electrons.